The van der Waals surface area contributed by atoms with E-state index in [9.17, 15) is 4.79 Å². The van der Waals surface area contributed by atoms with E-state index in [0.717, 1.165) is 78.0 Å². The van der Waals surface area contributed by atoms with Crippen LogP contribution in [0.3, 0.4) is 0 Å². The van der Waals surface area contributed by atoms with E-state index < -0.39 is 0 Å². The van der Waals surface area contributed by atoms with Crippen LogP contribution in [0.2, 0.25) is 0 Å². The molecule has 0 radical (unpaired) electrons. The molecule has 55 heavy (non-hydrogen) atoms. The van der Waals surface area contributed by atoms with Gasteiger partial charge in [-0.15, -0.1) is 10.2 Å². The molecule has 6 aromatic rings. The van der Waals surface area contributed by atoms with Gasteiger partial charge in [0.05, 0.1) is 28.8 Å². The molecule has 2 fully saturated rings. The minimum absolute atomic E-state index is 0. The summed E-state index contributed by atoms with van der Waals surface area (Å²) < 4.78 is 0. The minimum Gasteiger partial charge on any atom is -0.382 e. The van der Waals surface area contributed by atoms with Gasteiger partial charge in [0.1, 0.15) is 5.82 Å². The fourth-order valence-electron chi connectivity index (χ4n) is 7.16. The predicted molar refractivity (Wildman–Crippen MR) is 216 cm³/mol. The molecule has 2 atom stereocenters. The van der Waals surface area contributed by atoms with Crippen molar-refractivity contribution in [2.75, 3.05) is 57.2 Å². The van der Waals surface area contributed by atoms with Gasteiger partial charge >= 0.3 is 6.03 Å². The Labute approximate surface area is 320 Å². The fraction of sp³-hybridized carbons (Fsp3) is 0.275. The lowest BCUT2D eigenvalue weighted by Gasteiger charge is -2.35. The van der Waals surface area contributed by atoms with Crippen molar-refractivity contribution in [1.82, 2.24) is 40.3 Å². The molecular weight excluding hydrogens is 693 g/mol. The topological polar surface area (TPSA) is 180 Å². The number of nitrogen functional groups attached to an aromatic ring is 1. The molecule has 10 rings (SSSR count). The molecule has 0 saturated carbocycles. The Morgan fingerprint density at radius 1 is 0.764 bits per heavy atom. The van der Waals surface area contributed by atoms with Gasteiger partial charge in [0, 0.05) is 79.5 Å². The summed E-state index contributed by atoms with van der Waals surface area (Å²) in [6.45, 7) is 7.95. The fourth-order valence-corrected chi connectivity index (χ4v) is 7.16. The maximum absolute atomic E-state index is 13.1. The van der Waals surface area contributed by atoms with Gasteiger partial charge in [-0.1, -0.05) is 7.43 Å². The van der Waals surface area contributed by atoms with Gasteiger partial charge in [-0.3, -0.25) is 20.2 Å². The highest BCUT2D eigenvalue weighted by molar-refractivity contribution is 6.04. The molecule has 6 aromatic heterocycles. The zero-order valence-corrected chi connectivity index (χ0v) is 30.0. The number of nitrogens with one attached hydrogen (secondary N) is 2. The third kappa shape index (κ3) is 8.10. The third-order valence-electron chi connectivity index (χ3n) is 9.70. The summed E-state index contributed by atoms with van der Waals surface area (Å²) in [6, 6.07) is 23.7. The Morgan fingerprint density at radius 3 is 2.05 bits per heavy atom. The number of carbonyl (C=O) groups is 1. The minimum atomic E-state index is -0.233. The molecule has 0 aromatic carbocycles. The van der Waals surface area contributed by atoms with Crippen LogP contribution < -0.4 is 31.1 Å². The number of pyridine rings is 4. The largest absolute Gasteiger partial charge is 0.382 e. The molecule has 0 aliphatic carbocycles. The molecule has 2 amide bonds. The molecule has 10 heterocycles. The van der Waals surface area contributed by atoms with Crippen molar-refractivity contribution in [2.45, 2.75) is 46.2 Å². The number of nitrogens with zero attached hydrogens (tertiary/aromatic N) is 11. The van der Waals surface area contributed by atoms with E-state index in [1.54, 1.807) is 47.8 Å². The van der Waals surface area contributed by atoms with Crippen molar-refractivity contribution in [3.05, 3.63) is 109 Å². The van der Waals surface area contributed by atoms with E-state index in [1.807, 2.05) is 44.3 Å². The smallest absolute Gasteiger partial charge is 0.329 e. The number of aryl methyl sites for hydroxylation is 2. The molecule has 2 saturated heterocycles. The van der Waals surface area contributed by atoms with Crippen LogP contribution in [0.1, 0.15) is 31.7 Å². The number of hydrogen-bond acceptors (Lipinski definition) is 13. The molecule has 4 aliphatic heterocycles. The Morgan fingerprint density at radius 2 is 1.42 bits per heavy atom. The van der Waals surface area contributed by atoms with Crippen molar-refractivity contribution in [1.29, 1.82) is 0 Å². The van der Waals surface area contributed by atoms with E-state index in [0.29, 0.717) is 23.5 Å². The second kappa shape index (κ2) is 16.1. The van der Waals surface area contributed by atoms with E-state index >= 15 is 0 Å². The summed E-state index contributed by atoms with van der Waals surface area (Å²) >= 11 is 0. The Bertz CT molecular complexity index is 2260. The standard InChI is InChI=1S/C20H19N7O.C15H16N4.C4H5N3.CH4/c1-13-11-14(6-9-21-13)16-4-5-17-19(23-16)27(15-7-10-26(17)12-15)20(28)24-18-3-2-8-22-25-18;1-10-8-11(4-6-16-10)13-2-3-14-15(18-13)17-12-5-7-19(14)9-12;5-4-2-1-3-6-7-4;/h2-6,8-9,11,15H,7,10,12H2,1H3,(H,24,25,28);2-4,6,8,12H,5,7,9H2,1H3,(H,17,18);1-3H,(H2,5,7);1H4/t15-;12-;;/m00../s1. The lowest BCUT2D eigenvalue weighted by Crippen LogP contribution is -2.48. The number of rotatable bonds is 3. The van der Waals surface area contributed by atoms with Crippen molar-refractivity contribution < 1.29 is 4.79 Å². The quantitative estimate of drug-likeness (QED) is 0.192. The molecule has 4 bridgehead atoms. The van der Waals surface area contributed by atoms with Gasteiger partial charge in [-0.2, -0.15) is 10.2 Å². The second-order valence-electron chi connectivity index (χ2n) is 13.5. The molecule has 0 unspecified atom stereocenters. The first-order valence-electron chi connectivity index (χ1n) is 17.9. The van der Waals surface area contributed by atoms with Gasteiger partial charge in [-0.25, -0.2) is 14.8 Å². The first-order chi connectivity index (χ1) is 26.4. The second-order valence-corrected chi connectivity index (χ2v) is 13.5. The van der Waals surface area contributed by atoms with E-state index in [4.69, 9.17) is 15.7 Å². The molecule has 0 spiro atoms. The Kier molecular flexibility index (Phi) is 10.7. The summed E-state index contributed by atoms with van der Waals surface area (Å²) in [7, 11) is 0. The van der Waals surface area contributed by atoms with Crippen LogP contribution >= 0.6 is 0 Å². The monoisotopic (exact) mass is 736 g/mol. The van der Waals surface area contributed by atoms with Crippen molar-refractivity contribution in [3.8, 4) is 22.5 Å². The Balaban J connectivity index is 0.000000148. The van der Waals surface area contributed by atoms with E-state index in [2.05, 4.69) is 75.1 Å². The predicted octanol–water partition coefficient (Wildman–Crippen LogP) is 6.02. The highest BCUT2D eigenvalue weighted by atomic mass is 16.2. The lowest BCUT2D eigenvalue weighted by molar-refractivity contribution is 0.254. The maximum Gasteiger partial charge on any atom is 0.329 e. The number of anilines is 6. The van der Waals surface area contributed by atoms with Gasteiger partial charge < -0.3 is 20.9 Å². The highest BCUT2D eigenvalue weighted by Gasteiger charge is 2.40. The lowest BCUT2D eigenvalue weighted by atomic mass is 10.1. The number of amides is 2. The number of hydrogen-bond donors (Lipinski definition) is 3. The number of urea groups is 1. The summed E-state index contributed by atoms with van der Waals surface area (Å²) in [6.07, 6.45) is 8.89. The van der Waals surface area contributed by atoms with Crippen molar-refractivity contribution in [2.24, 2.45) is 0 Å². The highest BCUT2D eigenvalue weighted by Crippen LogP contribution is 2.40. The number of fused-ring (bicyclic) bond motifs is 8. The average molecular weight is 737 g/mol. The van der Waals surface area contributed by atoms with Crippen LogP contribution in [0.5, 0.6) is 0 Å². The SMILES string of the molecule is C.Cc1cc(-c2ccc3c(n2)N(C(=O)Nc2cccnn2)[C@H]2CCN3C2)ccn1.Cc1cc(-c2ccc3c(n2)N[C@H]2CCN3C2)ccn1.Nc1cccnn1. The van der Waals surface area contributed by atoms with Gasteiger partial charge in [0.2, 0.25) is 0 Å². The number of nitrogens with two attached hydrogens (primary N) is 1. The number of aromatic nitrogens is 8. The van der Waals surface area contributed by atoms with Crippen LogP contribution in [-0.4, -0.2) is 84.6 Å². The molecule has 15 nitrogen and oxygen atoms in total. The van der Waals surface area contributed by atoms with Crippen LogP contribution in [-0.2, 0) is 0 Å². The van der Waals surface area contributed by atoms with Crippen molar-refractivity contribution >= 4 is 40.7 Å². The van der Waals surface area contributed by atoms with Crippen molar-refractivity contribution in [3.63, 3.8) is 0 Å². The molecule has 4 aliphatic rings. The molecule has 15 heteroatoms. The summed E-state index contributed by atoms with van der Waals surface area (Å²) in [5, 5.41) is 21.2. The van der Waals surface area contributed by atoms with Gasteiger partial charge in [0.25, 0.3) is 0 Å². The average Bonchev–Trinajstić information content (AvgIpc) is 3.80. The third-order valence-corrected chi connectivity index (χ3v) is 9.70. The van der Waals surface area contributed by atoms with Gasteiger partial charge in [0.15, 0.2) is 17.5 Å². The van der Waals surface area contributed by atoms with E-state index in [1.165, 1.54) is 12.1 Å². The molecular formula is C40H44N14O. The summed E-state index contributed by atoms with van der Waals surface area (Å²) in [5.74, 6) is 2.60. The first-order valence-corrected chi connectivity index (χ1v) is 17.9. The van der Waals surface area contributed by atoms with Crippen LogP contribution in [0.15, 0.2) is 97.6 Å². The van der Waals surface area contributed by atoms with Gasteiger partial charge in [-0.05, 0) is 99.5 Å². The molecule has 4 N–H and O–H groups in total. The maximum atomic E-state index is 13.1. The Hall–Kier alpha value is -6.77. The first kappa shape index (κ1) is 36.6. The zero-order valence-electron chi connectivity index (χ0n) is 30.0. The van der Waals surface area contributed by atoms with Crippen LogP contribution in [0, 0.1) is 13.8 Å². The zero-order chi connectivity index (χ0) is 37.0. The molecule has 280 valence electrons. The van der Waals surface area contributed by atoms with Crippen LogP contribution in [0.25, 0.3) is 22.5 Å². The summed E-state index contributed by atoms with van der Waals surface area (Å²) in [5.41, 5.74) is 13.3. The number of carbonyl (C=O) groups excluding carboxylic acids is 1. The van der Waals surface area contributed by atoms with E-state index in [-0.39, 0.29) is 19.5 Å². The summed E-state index contributed by atoms with van der Waals surface area (Å²) in [4.78, 5) is 37.7. The van der Waals surface area contributed by atoms with Crippen LogP contribution in [0.4, 0.5) is 39.4 Å². The normalized spacial score (nSPS) is 16.9.